The Labute approximate surface area is 159 Å². The number of morpholine rings is 1. The van der Waals surface area contributed by atoms with E-state index in [1.807, 2.05) is 0 Å². The van der Waals surface area contributed by atoms with Crippen LogP contribution in [-0.4, -0.2) is 63.8 Å². The topological polar surface area (TPSA) is 135 Å². The number of anilines is 2. The number of amides is 4. The third-order valence-electron chi connectivity index (χ3n) is 3.80. The van der Waals surface area contributed by atoms with Crippen molar-refractivity contribution in [1.82, 2.24) is 10.6 Å². The lowest BCUT2D eigenvalue weighted by Gasteiger charge is -2.28. The van der Waals surface area contributed by atoms with Gasteiger partial charge in [0.05, 0.1) is 12.3 Å². The van der Waals surface area contributed by atoms with Crippen LogP contribution in [0, 0.1) is 0 Å². The van der Waals surface area contributed by atoms with Gasteiger partial charge in [-0.1, -0.05) is 0 Å². The van der Waals surface area contributed by atoms with E-state index < -0.39 is 30.5 Å². The molecule has 1 aliphatic heterocycles. The summed E-state index contributed by atoms with van der Waals surface area (Å²) < 4.78 is 35.2. The van der Waals surface area contributed by atoms with Crippen molar-refractivity contribution >= 4 is 29.2 Å². The molecule has 1 fully saturated rings. The van der Waals surface area contributed by atoms with Gasteiger partial charge in [-0.15, -0.1) is 0 Å². The summed E-state index contributed by atoms with van der Waals surface area (Å²) in [4.78, 5) is 36.9. The molecule has 1 heterocycles. The van der Waals surface area contributed by atoms with Gasteiger partial charge in [-0.25, -0.2) is 4.79 Å². The third-order valence-corrected chi connectivity index (χ3v) is 3.80. The Morgan fingerprint density at radius 1 is 1.39 bits per heavy atom. The molecule has 0 spiro atoms. The smallest absolute Gasteiger partial charge is 0.387 e. The Kier molecular flexibility index (Phi) is 7.46. The van der Waals surface area contributed by atoms with Crippen molar-refractivity contribution in [3.8, 4) is 5.75 Å². The average molecular weight is 401 g/mol. The SMILES string of the molecule is CNC(=O)N[C@H](CN)C(=O)Nc1ccc(N2CCOCC2=O)c(OC(F)F)c1. The number of carbonyl (C=O) groups is 3. The number of carbonyl (C=O) groups excluding carboxylic acids is 3. The van der Waals surface area contributed by atoms with Crippen molar-refractivity contribution in [2.45, 2.75) is 12.7 Å². The summed E-state index contributed by atoms with van der Waals surface area (Å²) in [6.07, 6.45) is 0. The monoisotopic (exact) mass is 401 g/mol. The normalized spacial score (nSPS) is 15.2. The molecule has 0 unspecified atom stereocenters. The molecule has 1 aliphatic rings. The van der Waals surface area contributed by atoms with E-state index in [-0.39, 0.29) is 43.4 Å². The van der Waals surface area contributed by atoms with E-state index in [1.165, 1.54) is 24.1 Å². The molecule has 2 rings (SSSR count). The average Bonchev–Trinajstić information content (AvgIpc) is 2.66. The standard InChI is InChI=1S/C16H21F2N5O5/c1-20-16(26)22-10(7-19)14(25)21-9-2-3-11(12(6-9)28-15(17)18)23-4-5-27-8-13(23)24/h2-3,6,10,15H,4-5,7-8,19H2,1H3,(H,21,25)(H2,20,22,26)/t10-/m1/s1. The molecular formula is C16H21F2N5O5. The molecule has 1 aromatic rings. The highest BCUT2D eigenvalue weighted by Gasteiger charge is 2.25. The molecule has 154 valence electrons. The van der Waals surface area contributed by atoms with Crippen molar-refractivity contribution in [1.29, 1.82) is 0 Å². The van der Waals surface area contributed by atoms with E-state index in [2.05, 4.69) is 20.7 Å². The zero-order valence-electron chi connectivity index (χ0n) is 15.0. The van der Waals surface area contributed by atoms with Gasteiger partial charge < -0.3 is 36.1 Å². The lowest BCUT2D eigenvalue weighted by molar-refractivity contribution is -0.125. The number of halogens is 2. The summed E-state index contributed by atoms with van der Waals surface area (Å²) in [5.41, 5.74) is 5.74. The molecule has 1 saturated heterocycles. The van der Waals surface area contributed by atoms with Crippen LogP contribution in [0.2, 0.25) is 0 Å². The minimum Gasteiger partial charge on any atom is -0.433 e. The summed E-state index contributed by atoms with van der Waals surface area (Å²) in [6.45, 7) is -3.06. The predicted octanol–water partition coefficient (Wildman–Crippen LogP) is -0.154. The van der Waals surface area contributed by atoms with Crippen molar-refractivity contribution in [2.24, 2.45) is 5.73 Å². The van der Waals surface area contributed by atoms with Gasteiger partial charge in [0.2, 0.25) is 5.91 Å². The molecule has 12 heteroatoms. The number of urea groups is 1. The van der Waals surface area contributed by atoms with Crippen molar-refractivity contribution in [3.05, 3.63) is 18.2 Å². The van der Waals surface area contributed by atoms with Crippen molar-refractivity contribution in [3.63, 3.8) is 0 Å². The highest BCUT2D eigenvalue weighted by atomic mass is 19.3. The zero-order chi connectivity index (χ0) is 20.7. The largest absolute Gasteiger partial charge is 0.433 e. The molecule has 4 amide bonds. The second-order valence-electron chi connectivity index (χ2n) is 5.66. The molecule has 28 heavy (non-hydrogen) atoms. The summed E-state index contributed by atoms with van der Waals surface area (Å²) in [7, 11) is 1.38. The van der Waals surface area contributed by atoms with Crippen LogP contribution in [0.25, 0.3) is 0 Å². The first-order valence-electron chi connectivity index (χ1n) is 8.31. The Morgan fingerprint density at radius 2 is 2.14 bits per heavy atom. The van der Waals surface area contributed by atoms with Gasteiger partial charge in [0, 0.05) is 31.9 Å². The molecule has 0 saturated carbocycles. The number of nitrogens with two attached hydrogens (primary N) is 1. The number of rotatable bonds is 7. The summed E-state index contributed by atoms with van der Waals surface area (Å²) in [5.74, 6) is -1.34. The first-order chi connectivity index (χ1) is 13.3. The van der Waals surface area contributed by atoms with Crippen LogP contribution in [0.1, 0.15) is 0 Å². The van der Waals surface area contributed by atoms with Gasteiger partial charge in [0.15, 0.2) is 5.75 Å². The van der Waals surface area contributed by atoms with Gasteiger partial charge in [0.1, 0.15) is 12.6 Å². The minimum absolute atomic E-state index is 0.127. The van der Waals surface area contributed by atoms with E-state index in [0.717, 1.165) is 6.07 Å². The maximum Gasteiger partial charge on any atom is 0.387 e. The fourth-order valence-electron chi connectivity index (χ4n) is 2.47. The van der Waals surface area contributed by atoms with Crippen LogP contribution in [-0.2, 0) is 14.3 Å². The number of nitrogens with zero attached hydrogens (tertiary/aromatic N) is 1. The molecule has 1 aromatic carbocycles. The zero-order valence-corrected chi connectivity index (χ0v) is 15.0. The van der Waals surface area contributed by atoms with Crippen LogP contribution >= 0.6 is 0 Å². The van der Waals surface area contributed by atoms with E-state index in [9.17, 15) is 23.2 Å². The predicted molar refractivity (Wildman–Crippen MR) is 95.3 cm³/mol. The van der Waals surface area contributed by atoms with Gasteiger partial charge in [-0.2, -0.15) is 8.78 Å². The fraction of sp³-hybridized carbons (Fsp3) is 0.438. The van der Waals surface area contributed by atoms with Crippen LogP contribution in [0.5, 0.6) is 5.75 Å². The van der Waals surface area contributed by atoms with Gasteiger partial charge >= 0.3 is 12.6 Å². The first kappa shape index (κ1) is 21.3. The maximum absolute atomic E-state index is 12.8. The lowest BCUT2D eigenvalue weighted by Crippen LogP contribution is -2.50. The number of hydrogen-bond acceptors (Lipinski definition) is 6. The molecule has 0 bridgehead atoms. The first-order valence-corrected chi connectivity index (χ1v) is 8.31. The quantitative estimate of drug-likeness (QED) is 0.502. The molecular weight excluding hydrogens is 380 g/mol. The van der Waals surface area contributed by atoms with Crippen LogP contribution in [0.3, 0.4) is 0 Å². The van der Waals surface area contributed by atoms with Gasteiger partial charge in [0.25, 0.3) is 5.91 Å². The summed E-state index contributed by atoms with van der Waals surface area (Å²) in [5, 5.41) is 7.10. The Balaban J connectivity index is 2.22. The maximum atomic E-state index is 12.8. The Hall–Kier alpha value is -2.99. The number of benzene rings is 1. The van der Waals surface area contributed by atoms with Crippen LogP contribution < -0.4 is 31.3 Å². The highest BCUT2D eigenvalue weighted by Crippen LogP contribution is 2.33. The Bertz CT molecular complexity index is 733. The number of alkyl halides is 2. The molecule has 0 radical (unpaired) electrons. The second-order valence-corrected chi connectivity index (χ2v) is 5.66. The molecule has 1 atom stereocenters. The molecule has 0 aromatic heterocycles. The molecule has 10 nitrogen and oxygen atoms in total. The lowest BCUT2D eigenvalue weighted by atomic mass is 10.2. The second kappa shape index (κ2) is 9.80. The summed E-state index contributed by atoms with van der Waals surface area (Å²) in [6, 6.07) is 2.31. The molecule has 0 aliphatic carbocycles. The van der Waals surface area contributed by atoms with Gasteiger partial charge in [-0.05, 0) is 12.1 Å². The van der Waals surface area contributed by atoms with Crippen LogP contribution in [0.4, 0.5) is 25.0 Å². The summed E-state index contributed by atoms with van der Waals surface area (Å²) >= 11 is 0. The number of nitrogens with one attached hydrogen (secondary N) is 3. The highest BCUT2D eigenvalue weighted by molar-refractivity contribution is 5.99. The minimum atomic E-state index is -3.13. The van der Waals surface area contributed by atoms with Gasteiger partial charge in [-0.3, -0.25) is 9.59 Å². The number of ether oxygens (including phenoxy) is 2. The van der Waals surface area contributed by atoms with Crippen molar-refractivity contribution < 1.29 is 32.6 Å². The molecule has 5 N–H and O–H groups in total. The van der Waals surface area contributed by atoms with E-state index >= 15 is 0 Å². The third kappa shape index (κ3) is 5.50. The van der Waals surface area contributed by atoms with Crippen molar-refractivity contribution in [2.75, 3.05) is 43.6 Å². The fourth-order valence-corrected chi connectivity index (χ4v) is 2.47. The van der Waals surface area contributed by atoms with E-state index in [1.54, 1.807) is 0 Å². The van der Waals surface area contributed by atoms with E-state index in [4.69, 9.17) is 10.5 Å². The number of hydrogen-bond donors (Lipinski definition) is 4. The van der Waals surface area contributed by atoms with E-state index in [0.29, 0.717) is 0 Å². The van der Waals surface area contributed by atoms with Crippen LogP contribution in [0.15, 0.2) is 18.2 Å². The Morgan fingerprint density at radius 3 is 2.75 bits per heavy atom.